The van der Waals surface area contributed by atoms with Crippen molar-refractivity contribution in [2.24, 2.45) is 0 Å². The molecule has 0 saturated heterocycles. The molecule has 10 heteroatoms. The number of amides is 1. The number of aromatic nitrogens is 2. The first-order chi connectivity index (χ1) is 16.2. The Morgan fingerprint density at radius 2 is 1.91 bits per heavy atom. The van der Waals surface area contributed by atoms with Gasteiger partial charge in [-0.3, -0.25) is 4.79 Å². The van der Waals surface area contributed by atoms with Crippen molar-refractivity contribution in [1.82, 2.24) is 9.97 Å². The van der Waals surface area contributed by atoms with E-state index in [-0.39, 0.29) is 11.5 Å². The average Bonchev–Trinajstić information content (AvgIpc) is 2.75. The summed E-state index contributed by atoms with van der Waals surface area (Å²) >= 11 is 0. The second kappa shape index (κ2) is 8.37. The van der Waals surface area contributed by atoms with Crippen LogP contribution in [0.25, 0.3) is 10.9 Å². The van der Waals surface area contributed by atoms with Gasteiger partial charge in [0, 0.05) is 24.1 Å². The first-order valence-electron chi connectivity index (χ1n) is 11.1. The first kappa shape index (κ1) is 24.7. The van der Waals surface area contributed by atoms with Crippen molar-refractivity contribution in [1.29, 1.82) is 0 Å². The third kappa shape index (κ3) is 4.16. The largest absolute Gasteiger partial charge is 0.479 e. The van der Waals surface area contributed by atoms with E-state index in [1.165, 1.54) is 17.0 Å². The summed E-state index contributed by atoms with van der Waals surface area (Å²) in [4.78, 5) is 22.8. The molecule has 2 atom stereocenters. The summed E-state index contributed by atoms with van der Waals surface area (Å²) in [5.74, 6) is -3.85. The Bertz CT molecular complexity index is 1320. The number of anilines is 2. The summed E-state index contributed by atoms with van der Waals surface area (Å²) in [5.41, 5.74) is -2.28. The summed E-state index contributed by atoms with van der Waals surface area (Å²) in [6, 6.07) is 6.34. The van der Waals surface area contributed by atoms with E-state index in [1.54, 1.807) is 40.0 Å². The monoisotopic (exact) mass is 488 g/mol. The second-order valence-corrected chi connectivity index (χ2v) is 9.32. The fourth-order valence-corrected chi connectivity index (χ4v) is 4.10. The Labute approximate surface area is 200 Å². The number of alkyl halides is 2. The van der Waals surface area contributed by atoms with E-state index < -0.39 is 35.1 Å². The van der Waals surface area contributed by atoms with Crippen LogP contribution in [0, 0.1) is 12.7 Å². The molecule has 35 heavy (non-hydrogen) atoms. The molecule has 1 amide bonds. The second-order valence-electron chi connectivity index (χ2n) is 9.32. The van der Waals surface area contributed by atoms with Crippen LogP contribution in [0.5, 0.6) is 5.75 Å². The van der Waals surface area contributed by atoms with E-state index in [0.717, 1.165) is 19.9 Å². The average molecular weight is 489 g/mol. The fourth-order valence-electron chi connectivity index (χ4n) is 4.10. The molecule has 0 fully saturated rings. The Kier molecular flexibility index (Phi) is 5.91. The Morgan fingerprint density at radius 3 is 2.57 bits per heavy atom. The molecule has 0 bridgehead atoms. The number of hydrogen-bond acceptors (Lipinski definition) is 6. The highest BCUT2D eigenvalue weighted by Crippen LogP contribution is 2.42. The van der Waals surface area contributed by atoms with E-state index in [0.29, 0.717) is 34.0 Å². The van der Waals surface area contributed by atoms with E-state index in [4.69, 9.17) is 4.74 Å². The first-order valence-corrected chi connectivity index (χ1v) is 11.1. The Hall–Kier alpha value is -3.40. The van der Waals surface area contributed by atoms with Gasteiger partial charge in [0.2, 0.25) is 0 Å². The lowest BCUT2D eigenvalue weighted by Crippen LogP contribution is -2.41. The quantitative estimate of drug-likeness (QED) is 0.534. The highest BCUT2D eigenvalue weighted by molar-refractivity contribution is 6.03. The lowest BCUT2D eigenvalue weighted by Gasteiger charge is -2.31. The van der Waals surface area contributed by atoms with E-state index in [2.05, 4.69) is 15.3 Å². The number of hydrogen-bond donors (Lipinski definition) is 2. The summed E-state index contributed by atoms with van der Waals surface area (Å²) in [6.07, 6.45) is -0.636. The van der Waals surface area contributed by atoms with Crippen molar-refractivity contribution >= 4 is 28.3 Å². The minimum Gasteiger partial charge on any atom is -0.479 e. The zero-order valence-corrected chi connectivity index (χ0v) is 20.3. The topological polar surface area (TPSA) is 87.6 Å². The number of halogens is 3. The number of nitrogens with zero attached hydrogens (tertiary/aromatic N) is 3. The molecule has 1 aromatic heterocycles. The Balaban J connectivity index is 1.77. The van der Waals surface area contributed by atoms with Crippen LogP contribution >= 0.6 is 0 Å². The van der Waals surface area contributed by atoms with Gasteiger partial charge in [0.1, 0.15) is 28.8 Å². The van der Waals surface area contributed by atoms with Crippen molar-refractivity contribution in [3.05, 3.63) is 53.1 Å². The number of carbonyl (C=O) groups excluding carboxylic acids is 1. The SMILES string of the molecule is Cc1nc(N[C@H](C)c2cccc(C(F)(F)C(C)(C)O)c2F)c2cc3c(cc2n1)O[C@@H](C)C(=O)N3C. The van der Waals surface area contributed by atoms with Gasteiger partial charge in [-0.15, -0.1) is 0 Å². The number of fused-ring (bicyclic) bond motifs is 2. The van der Waals surface area contributed by atoms with Crippen LogP contribution in [-0.2, 0) is 10.7 Å². The molecule has 2 heterocycles. The molecule has 0 aliphatic carbocycles. The molecular formula is C25H27F3N4O3. The molecule has 0 radical (unpaired) electrons. The molecule has 1 aliphatic rings. The van der Waals surface area contributed by atoms with Crippen molar-refractivity contribution in [2.45, 2.75) is 58.3 Å². The number of rotatable bonds is 5. The van der Waals surface area contributed by atoms with Gasteiger partial charge in [0.15, 0.2) is 6.10 Å². The molecule has 1 aliphatic heterocycles. The highest BCUT2D eigenvalue weighted by atomic mass is 19.3. The number of likely N-dealkylation sites (N-methyl/N-ethyl adjacent to an activating group) is 1. The maximum absolute atomic E-state index is 15.3. The number of nitrogens with one attached hydrogen (secondary N) is 1. The third-order valence-electron chi connectivity index (χ3n) is 6.19. The molecule has 3 aromatic rings. The van der Waals surface area contributed by atoms with Crippen molar-refractivity contribution in [2.75, 3.05) is 17.3 Å². The van der Waals surface area contributed by atoms with Gasteiger partial charge >= 0.3 is 5.92 Å². The molecule has 2 aromatic carbocycles. The molecule has 186 valence electrons. The number of benzene rings is 2. The van der Waals surface area contributed by atoms with Crippen LogP contribution in [0.15, 0.2) is 30.3 Å². The third-order valence-corrected chi connectivity index (χ3v) is 6.19. The van der Waals surface area contributed by atoms with Crippen molar-refractivity contribution in [3.63, 3.8) is 0 Å². The molecule has 0 spiro atoms. The predicted molar refractivity (Wildman–Crippen MR) is 126 cm³/mol. The number of carbonyl (C=O) groups is 1. The molecular weight excluding hydrogens is 461 g/mol. The van der Waals surface area contributed by atoms with Crippen LogP contribution in [-0.4, -0.2) is 39.7 Å². The maximum atomic E-state index is 15.3. The minimum absolute atomic E-state index is 0.0155. The van der Waals surface area contributed by atoms with Crippen LogP contribution < -0.4 is 15.0 Å². The normalized spacial score (nSPS) is 17.3. The molecule has 0 unspecified atom stereocenters. The van der Waals surface area contributed by atoms with Crippen LogP contribution in [0.3, 0.4) is 0 Å². The standard InChI is InChI=1S/C25H27F3N4O3/c1-12(15-8-7-9-17(21(15)26)25(27,28)24(4,5)34)29-22-16-10-19-20(11-18(16)30-14(3)31-22)35-13(2)23(33)32(19)6/h7-13,34H,1-6H3,(H,29,30,31)/t12-,13+/m1/s1. The fraction of sp³-hybridized carbons (Fsp3) is 0.400. The van der Waals surface area contributed by atoms with Crippen LogP contribution in [0.2, 0.25) is 0 Å². The van der Waals surface area contributed by atoms with Gasteiger partial charge in [-0.1, -0.05) is 12.1 Å². The summed E-state index contributed by atoms with van der Waals surface area (Å²) in [5, 5.41) is 13.6. The molecule has 4 rings (SSSR count). The van der Waals surface area contributed by atoms with E-state index in [9.17, 15) is 18.7 Å². The van der Waals surface area contributed by atoms with Gasteiger partial charge in [0.25, 0.3) is 5.91 Å². The van der Waals surface area contributed by atoms with Gasteiger partial charge < -0.3 is 20.1 Å². The zero-order chi connectivity index (χ0) is 25.9. The van der Waals surface area contributed by atoms with Crippen LogP contribution in [0.4, 0.5) is 24.7 Å². The van der Waals surface area contributed by atoms with E-state index in [1.807, 2.05) is 0 Å². The molecule has 2 N–H and O–H groups in total. The molecule has 7 nitrogen and oxygen atoms in total. The van der Waals surface area contributed by atoms with Gasteiger partial charge in [0.05, 0.1) is 22.8 Å². The lowest BCUT2D eigenvalue weighted by atomic mass is 9.91. The minimum atomic E-state index is -3.81. The smallest absolute Gasteiger partial charge is 0.303 e. The Morgan fingerprint density at radius 1 is 1.23 bits per heavy atom. The molecule has 0 saturated carbocycles. The van der Waals surface area contributed by atoms with Gasteiger partial charge in [-0.2, -0.15) is 8.78 Å². The van der Waals surface area contributed by atoms with Crippen molar-refractivity contribution in [3.8, 4) is 5.75 Å². The zero-order valence-electron chi connectivity index (χ0n) is 20.3. The summed E-state index contributed by atoms with van der Waals surface area (Å²) in [7, 11) is 1.64. The predicted octanol–water partition coefficient (Wildman–Crippen LogP) is 4.86. The van der Waals surface area contributed by atoms with Crippen molar-refractivity contribution < 1.29 is 27.8 Å². The summed E-state index contributed by atoms with van der Waals surface area (Å²) < 4.78 is 50.5. The lowest BCUT2D eigenvalue weighted by molar-refractivity contribution is -0.170. The number of aryl methyl sites for hydroxylation is 1. The van der Waals surface area contributed by atoms with Gasteiger partial charge in [-0.25, -0.2) is 14.4 Å². The number of aliphatic hydroxyl groups is 1. The number of ether oxygens (including phenoxy) is 1. The highest BCUT2D eigenvalue weighted by Gasteiger charge is 2.49. The summed E-state index contributed by atoms with van der Waals surface area (Å²) in [6.45, 7) is 6.84. The maximum Gasteiger partial charge on any atom is 0.303 e. The van der Waals surface area contributed by atoms with E-state index >= 15 is 4.39 Å². The van der Waals surface area contributed by atoms with Gasteiger partial charge in [-0.05, 0) is 46.8 Å². The van der Waals surface area contributed by atoms with Crippen LogP contribution in [0.1, 0.15) is 50.7 Å².